The van der Waals surface area contributed by atoms with Gasteiger partial charge in [-0.3, -0.25) is 5.43 Å². The summed E-state index contributed by atoms with van der Waals surface area (Å²) in [6.45, 7) is 1.81. The van der Waals surface area contributed by atoms with E-state index in [0.29, 0.717) is 33.5 Å². The zero-order chi connectivity index (χ0) is 18.7. The minimum atomic E-state index is -0.115. The van der Waals surface area contributed by atoms with Gasteiger partial charge in [-0.25, -0.2) is 9.97 Å². The fourth-order valence-corrected chi connectivity index (χ4v) is 2.77. The zero-order valence-electron chi connectivity index (χ0n) is 13.6. The number of phenolic OH excluding ortho intramolecular Hbond substituents is 2. The maximum Gasteiger partial charge on any atom is 0.165 e. The minimum Gasteiger partial charge on any atom is -0.507 e. The summed E-state index contributed by atoms with van der Waals surface area (Å²) in [6, 6.07) is 11.5. The standard InChI is InChI=1S/C18H14Cl2N4O2/c1-10-6-16(23-18(22-10)13-4-2-3-5-15(13)25)24-21-9-11-7-12(19)8-14(20)17(11)26/h2-9,25-26H,1H3,(H,22,23,24)/b21-9+. The lowest BCUT2D eigenvalue weighted by atomic mass is 10.2. The molecule has 3 rings (SSSR count). The first-order valence-corrected chi connectivity index (χ1v) is 8.31. The molecule has 0 saturated heterocycles. The number of nitrogens with one attached hydrogen (secondary N) is 1. The Morgan fingerprint density at radius 1 is 1.08 bits per heavy atom. The van der Waals surface area contributed by atoms with E-state index in [1.54, 1.807) is 30.3 Å². The van der Waals surface area contributed by atoms with Crippen LogP contribution in [0.4, 0.5) is 5.82 Å². The van der Waals surface area contributed by atoms with Crippen molar-refractivity contribution >= 4 is 35.2 Å². The molecule has 0 unspecified atom stereocenters. The van der Waals surface area contributed by atoms with E-state index in [-0.39, 0.29) is 16.5 Å². The number of phenols is 2. The second-order valence-electron chi connectivity index (χ2n) is 5.43. The molecule has 1 aromatic heterocycles. The molecule has 1 heterocycles. The molecule has 0 atom stereocenters. The van der Waals surface area contributed by atoms with Gasteiger partial charge in [-0.15, -0.1) is 0 Å². The van der Waals surface area contributed by atoms with Crippen LogP contribution in [0.5, 0.6) is 11.5 Å². The molecular weight excluding hydrogens is 375 g/mol. The van der Waals surface area contributed by atoms with Crippen molar-refractivity contribution in [3.05, 3.63) is 63.8 Å². The highest BCUT2D eigenvalue weighted by atomic mass is 35.5. The Hall–Kier alpha value is -2.83. The second-order valence-corrected chi connectivity index (χ2v) is 6.27. The van der Waals surface area contributed by atoms with Crippen LogP contribution in [0, 0.1) is 6.92 Å². The third kappa shape index (κ3) is 4.04. The fraction of sp³-hybridized carbons (Fsp3) is 0.0556. The van der Waals surface area contributed by atoms with E-state index in [2.05, 4.69) is 20.5 Å². The monoisotopic (exact) mass is 388 g/mol. The summed E-state index contributed by atoms with van der Waals surface area (Å²) in [5.41, 5.74) is 4.35. The molecule has 8 heteroatoms. The Morgan fingerprint density at radius 2 is 1.85 bits per heavy atom. The van der Waals surface area contributed by atoms with E-state index in [0.717, 1.165) is 0 Å². The van der Waals surface area contributed by atoms with Gasteiger partial charge >= 0.3 is 0 Å². The number of para-hydroxylation sites is 1. The number of halogens is 2. The number of nitrogens with zero attached hydrogens (tertiary/aromatic N) is 3. The molecule has 132 valence electrons. The van der Waals surface area contributed by atoms with Gasteiger partial charge in [0.25, 0.3) is 0 Å². The quantitative estimate of drug-likeness (QED) is 0.448. The number of aromatic nitrogens is 2. The number of aryl methyl sites for hydroxylation is 1. The maximum atomic E-state index is 9.97. The van der Waals surface area contributed by atoms with Gasteiger partial charge in [-0.2, -0.15) is 5.10 Å². The summed E-state index contributed by atoms with van der Waals surface area (Å²) < 4.78 is 0. The van der Waals surface area contributed by atoms with Gasteiger partial charge in [0.2, 0.25) is 0 Å². The first-order chi connectivity index (χ1) is 12.4. The number of rotatable bonds is 4. The Labute approximate surface area is 159 Å². The molecule has 0 fully saturated rings. The van der Waals surface area contributed by atoms with Gasteiger partial charge < -0.3 is 10.2 Å². The molecule has 0 spiro atoms. The summed E-state index contributed by atoms with van der Waals surface area (Å²) in [5, 5.41) is 24.5. The van der Waals surface area contributed by atoms with Crippen LogP contribution in [-0.2, 0) is 0 Å². The molecule has 0 aliphatic heterocycles. The first kappa shape index (κ1) is 18.0. The van der Waals surface area contributed by atoms with E-state index in [1.165, 1.54) is 18.3 Å². The molecule has 0 saturated carbocycles. The van der Waals surface area contributed by atoms with Crippen LogP contribution in [0.15, 0.2) is 47.6 Å². The first-order valence-electron chi connectivity index (χ1n) is 7.55. The predicted octanol–water partition coefficient (Wildman–Crippen LogP) is 4.62. The zero-order valence-corrected chi connectivity index (χ0v) is 15.1. The molecule has 0 amide bonds. The number of hydrazone groups is 1. The Kier molecular flexibility index (Phi) is 5.25. The highest BCUT2D eigenvalue weighted by Gasteiger charge is 2.09. The molecule has 3 aromatic rings. The van der Waals surface area contributed by atoms with Crippen molar-refractivity contribution < 1.29 is 10.2 Å². The van der Waals surface area contributed by atoms with Gasteiger partial charge in [-0.05, 0) is 31.2 Å². The average molecular weight is 389 g/mol. The van der Waals surface area contributed by atoms with Gasteiger partial charge in [0.05, 0.1) is 16.8 Å². The van der Waals surface area contributed by atoms with Crippen LogP contribution in [0.2, 0.25) is 10.0 Å². The van der Waals surface area contributed by atoms with Crippen LogP contribution in [-0.4, -0.2) is 26.4 Å². The van der Waals surface area contributed by atoms with Crippen molar-refractivity contribution in [1.29, 1.82) is 0 Å². The third-order valence-corrected chi connectivity index (χ3v) is 3.95. The van der Waals surface area contributed by atoms with Crippen LogP contribution in [0.1, 0.15) is 11.3 Å². The van der Waals surface area contributed by atoms with Crippen molar-refractivity contribution in [1.82, 2.24) is 9.97 Å². The lowest BCUT2D eigenvalue weighted by Gasteiger charge is -2.07. The van der Waals surface area contributed by atoms with Crippen molar-refractivity contribution in [2.24, 2.45) is 5.10 Å². The summed E-state index contributed by atoms with van der Waals surface area (Å²) in [5.74, 6) is 0.774. The van der Waals surface area contributed by atoms with Crippen molar-refractivity contribution in [2.75, 3.05) is 5.43 Å². The summed E-state index contributed by atoms with van der Waals surface area (Å²) >= 11 is 11.8. The number of anilines is 1. The summed E-state index contributed by atoms with van der Waals surface area (Å²) in [4.78, 5) is 8.67. The lowest BCUT2D eigenvalue weighted by molar-refractivity contribution is 0.474. The van der Waals surface area contributed by atoms with Gasteiger partial charge in [0.15, 0.2) is 11.6 Å². The maximum absolute atomic E-state index is 9.97. The van der Waals surface area contributed by atoms with Gasteiger partial charge in [-0.1, -0.05) is 35.3 Å². The summed E-state index contributed by atoms with van der Waals surface area (Å²) in [6.07, 6.45) is 1.38. The number of hydrogen-bond donors (Lipinski definition) is 3. The third-order valence-electron chi connectivity index (χ3n) is 3.44. The molecule has 2 aromatic carbocycles. The predicted molar refractivity (Wildman–Crippen MR) is 103 cm³/mol. The smallest absolute Gasteiger partial charge is 0.165 e. The van der Waals surface area contributed by atoms with E-state index in [9.17, 15) is 10.2 Å². The highest BCUT2D eigenvalue weighted by molar-refractivity contribution is 6.36. The van der Waals surface area contributed by atoms with E-state index in [4.69, 9.17) is 23.2 Å². The van der Waals surface area contributed by atoms with Crippen molar-refractivity contribution in [3.8, 4) is 22.9 Å². The van der Waals surface area contributed by atoms with E-state index < -0.39 is 0 Å². The topological polar surface area (TPSA) is 90.6 Å². The Bertz CT molecular complexity index is 993. The van der Waals surface area contributed by atoms with E-state index in [1.807, 2.05) is 6.92 Å². The number of benzene rings is 2. The normalized spacial score (nSPS) is 11.0. The molecule has 0 aliphatic carbocycles. The Morgan fingerprint density at radius 3 is 2.62 bits per heavy atom. The minimum absolute atomic E-state index is 0.0889. The van der Waals surface area contributed by atoms with Crippen LogP contribution < -0.4 is 5.43 Å². The Balaban J connectivity index is 1.86. The SMILES string of the molecule is Cc1cc(N/N=C/c2cc(Cl)cc(Cl)c2O)nc(-c2ccccc2O)n1. The molecule has 6 nitrogen and oxygen atoms in total. The molecule has 3 N–H and O–H groups in total. The largest absolute Gasteiger partial charge is 0.507 e. The molecule has 0 aliphatic rings. The van der Waals surface area contributed by atoms with E-state index >= 15 is 0 Å². The van der Waals surface area contributed by atoms with Crippen LogP contribution in [0.3, 0.4) is 0 Å². The summed E-state index contributed by atoms with van der Waals surface area (Å²) in [7, 11) is 0. The fourth-order valence-electron chi connectivity index (χ4n) is 2.26. The number of aromatic hydroxyl groups is 2. The molecule has 26 heavy (non-hydrogen) atoms. The molecule has 0 bridgehead atoms. The van der Waals surface area contributed by atoms with Gasteiger partial charge in [0, 0.05) is 22.3 Å². The lowest BCUT2D eigenvalue weighted by Crippen LogP contribution is -1.99. The van der Waals surface area contributed by atoms with Crippen LogP contribution in [0.25, 0.3) is 11.4 Å². The van der Waals surface area contributed by atoms with Crippen molar-refractivity contribution in [3.63, 3.8) is 0 Å². The van der Waals surface area contributed by atoms with Crippen LogP contribution >= 0.6 is 23.2 Å². The average Bonchev–Trinajstić information content (AvgIpc) is 2.59. The second kappa shape index (κ2) is 7.59. The van der Waals surface area contributed by atoms with Gasteiger partial charge in [0.1, 0.15) is 11.5 Å². The molecular formula is C18H14Cl2N4O2. The highest BCUT2D eigenvalue weighted by Crippen LogP contribution is 2.30. The molecule has 0 radical (unpaired) electrons. The van der Waals surface area contributed by atoms with Crippen molar-refractivity contribution in [2.45, 2.75) is 6.92 Å². The number of hydrogen-bond acceptors (Lipinski definition) is 6.